The largest absolute Gasteiger partial charge is 0.494 e. The Labute approximate surface area is 108 Å². The summed E-state index contributed by atoms with van der Waals surface area (Å²) in [6.07, 6.45) is -0.149. The first-order chi connectivity index (χ1) is 8.56. The van der Waals surface area contributed by atoms with E-state index in [9.17, 15) is 4.79 Å². The molecule has 0 atom stereocenters. The third-order valence-electron chi connectivity index (χ3n) is 2.08. The number of hydrogen-bond donors (Lipinski definition) is 0. The fraction of sp³-hybridized carbons (Fsp3) is 0.500. The number of rotatable bonds is 6. The van der Waals surface area contributed by atoms with Crippen LogP contribution in [0.2, 0.25) is 0 Å². The SMILES string of the molecule is CCOc1cc(OCC)cc(C(=O)OC(C)C)c1. The second kappa shape index (κ2) is 6.89. The molecule has 0 aromatic heterocycles. The van der Waals surface area contributed by atoms with Crippen LogP contribution in [0.5, 0.6) is 11.5 Å². The van der Waals surface area contributed by atoms with Crippen LogP contribution in [-0.4, -0.2) is 25.3 Å². The van der Waals surface area contributed by atoms with E-state index in [1.807, 2.05) is 27.7 Å². The van der Waals surface area contributed by atoms with Gasteiger partial charge in [0.05, 0.1) is 24.9 Å². The maximum absolute atomic E-state index is 11.8. The molecule has 0 fully saturated rings. The first-order valence-corrected chi connectivity index (χ1v) is 6.18. The van der Waals surface area contributed by atoms with E-state index in [1.165, 1.54) is 0 Å². The van der Waals surface area contributed by atoms with E-state index in [2.05, 4.69) is 0 Å². The summed E-state index contributed by atoms with van der Waals surface area (Å²) < 4.78 is 16.0. The van der Waals surface area contributed by atoms with Crippen molar-refractivity contribution in [3.05, 3.63) is 23.8 Å². The molecule has 0 saturated carbocycles. The molecule has 0 saturated heterocycles. The van der Waals surface area contributed by atoms with Crippen molar-refractivity contribution in [3.63, 3.8) is 0 Å². The summed E-state index contributed by atoms with van der Waals surface area (Å²) in [6, 6.07) is 5.09. The molecule has 0 aliphatic rings. The predicted molar refractivity (Wildman–Crippen MR) is 69.3 cm³/mol. The van der Waals surface area contributed by atoms with Gasteiger partial charge in [0.15, 0.2) is 0 Å². The summed E-state index contributed by atoms with van der Waals surface area (Å²) in [5.74, 6) is 0.853. The Kier molecular flexibility index (Phi) is 5.49. The van der Waals surface area contributed by atoms with Crippen molar-refractivity contribution in [2.45, 2.75) is 33.8 Å². The number of esters is 1. The van der Waals surface area contributed by atoms with Crippen molar-refractivity contribution in [2.24, 2.45) is 0 Å². The Morgan fingerprint density at radius 3 is 1.94 bits per heavy atom. The van der Waals surface area contributed by atoms with Crippen LogP contribution in [0.1, 0.15) is 38.1 Å². The van der Waals surface area contributed by atoms with E-state index in [0.717, 1.165) is 0 Å². The molecule has 0 aliphatic heterocycles. The molecule has 0 spiro atoms. The molecular formula is C14H20O4. The van der Waals surface area contributed by atoms with Crippen molar-refractivity contribution in [2.75, 3.05) is 13.2 Å². The van der Waals surface area contributed by atoms with Crippen LogP contribution in [0, 0.1) is 0 Å². The zero-order chi connectivity index (χ0) is 13.5. The van der Waals surface area contributed by atoms with E-state index in [0.29, 0.717) is 30.3 Å². The third-order valence-corrected chi connectivity index (χ3v) is 2.08. The summed E-state index contributed by atoms with van der Waals surface area (Å²) in [5, 5.41) is 0. The molecule has 4 nitrogen and oxygen atoms in total. The molecule has 0 radical (unpaired) electrons. The highest BCUT2D eigenvalue weighted by Gasteiger charge is 2.12. The molecule has 0 amide bonds. The number of benzene rings is 1. The maximum atomic E-state index is 11.8. The lowest BCUT2D eigenvalue weighted by Gasteiger charge is -2.12. The quantitative estimate of drug-likeness (QED) is 0.730. The van der Waals surface area contributed by atoms with E-state index < -0.39 is 0 Å². The first kappa shape index (κ1) is 14.4. The fourth-order valence-corrected chi connectivity index (χ4v) is 1.47. The molecule has 0 aliphatic carbocycles. The molecule has 0 unspecified atom stereocenters. The van der Waals surface area contributed by atoms with Crippen LogP contribution in [0.4, 0.5) is 0 Å². The lowest BCUT2D eigenvalue weighted by atomic mass is 10.2. The Morgan fingerprint density at radius 2 is 1.56 bits per heavy atom. The van der Waals surface area contributed by atoms with Crippen molar-refractivity contribution in [3.8, 4) is 11.5 Å². The van der Waals surface area contributed by atoms with Crippen LogP contribution >= 0.6 is 0 Å². The number of ether oxygens (including phenoxy) is 3. The van der Waals surface area contributed by atoms with Gasteiger partial charge < -0.3 is 14.2 Å². The van der Waals surface area contributed by atoms with Gasteiger partial charge in [-0.15, -0.1) is 0 Å². The smallest absolute Gasteiger partial charge is 0.338 e. The van der Waals surface area contributed by atoms with Gasteiger partial charge in [-0.1, -0.05) is 0 Å². The molecular weight excluding hydrogens is 232 g/mol. The van der Waals surface area contributed by atoms with Crippen LogP contribution in [0.25, 0.3) is 0 Å². The minimum absolute atomic E-state index is 0.149. The molecule has 0 N–H and O–H groups in total. The predicted octanol–water partition coefficient (Wildman–Crippen LogP) is 3.05. The fourth-order valence-electron chi connectivity index (χ4n) is 1.47. The average molecular weight is 252 g/mol. The molecule has 1 rings (SSSR count). The van der Waals surface area contributed by atoms with Crippen molar-refractivity contribution in [1.29, 1.82) is 0 Å². The van der Waals surface area contributed by atoms with Gasteiger partial charge in [-0.25, -0.2) is 4.79 Å². The Hall–Kier alpha value is -1.71. The van der Waals surface area contributed by atoms with Gasteiger partial charge in [0.1, 0.15) is 11.5 Å². The van der Waals surface area contributed by atoms with E-state index >= 15 is 0 Å². The molecule has 4 heteroatoms. The number of carbonyl (C=O) groups is 1. The highest BCUT2D eigenvalue weighted by Crippen LogP contribution is 2.24. The van der Waals surface area contributed by atoms with E-state index in [1.54, 1.807) is 18.2 Å². The summed E-state index contributed by atoms with van der Waals surface area (Å²) in [7, 11) is 0. The average Bonchev–Trinajstić information content (AvgIpc) is 2.28. The minimum atomic E-state index is -0.368. The second-order valence-electron chi connectivity index (χ2n) is 4.01. The summed E-state index contributed by atoms with van der Waals surface area (Å²) in [4.78, 5) is 11.8. The number of carbonyl (C=O) groups excluding carboxylic acids is 1. The van der Waals surface area contributed by atoms with Gasteiger partial charge in [0.25, 0.3) is 0 Å². The molecule has 1 aromatic carbocycles. The Morgan fingerprint density at radius 1 is 1.06 bits per heavy atom. The zero-order valence-electron chi connectivity index (χ0n) is 11.4. The van der Waals surface area contributed by atoms with Gasteiger partial charge in [0, 0.05) is 6.07 Å². The zero-order valence-corrected chi connectivity index (χ0v) is 11.4. The summed E-state index contributed by atoms with van der Waals surface area (Å²) in [6.45, 7) is 8.48. The van der Waals surface area contributed by atoms with Gasteiger partial charge >= 0.3 is 5.97 Å². The molecule has 1 aromatic rings. The second-order valence-corrected chi connectivity index (χ2v) is 4.01. The Balaban J connectivity index is 2.98. The van der Waals surface area contributed by atoms with Crippen LogP contribution < -0.4 is 9.47 Å². The maximum Gasteiger partial charge on any atom is 0.338 e. The normalized spacial score (nSPS) is 10.3. The molecule has 0 heterocycles. The number of hydrogen-bond acceptors (Lipinski definition) is 4. The molecule has 0 bridgehead atoms. The lowest BCUT2D eigenvalue weighted by molar-refractivity contribution is 0.0377. The Bertz CT molecular complexity index is 375. The van der Waals surface area contributed by atoms with Gasteiger partial charge in [-0.05, 0) is 39.8 Å². The topological polar surface area (TPSA) is 44.8 Å². The summed E-state index contributed by atoms with van der Waals surface area (Å²) >= 11 is 0. The van der Waals surface area contributed by atoms with Crippen LogP contribution in [0.3, 0.4) is 0 Å². The lowest BCUT2D eigenvalue weighted by Crippen LogP contribution is -2.12. The monoisotopic (exact) mass is 252 g/mol. The van der Waals surface area contributed by atoms with Crippen LogP contribution in [-0.2, 0) is 4.74 Å². The van der Waals surface area contributed by atoms with Crippen molar-refractivity contribution < 1.29 is 19.0 Å². The van der Waals surface area contributed by atoms with Crippen LogP contribution in [0.15, 0.2) is 18.2 Å². The minimum Gasteiger partial charge on any atom is -0.494 e. The molecule has 18 heavy (non-hydrogen) atoms. The standard InChI is InChI=1S/C14H20O4/c1-5-16-12-7-11(14(15)18-10(3)4)8-13(9-12)17-6-2/h7-10H,5-6H2,1-4H3. The van der Waals surface area contributed by atoms with Crippen molar-refractivity contribution in [1.82, 2.24) is 0 Å². The third kappa shape index (κ3) is 4.28. The highest BCUT2D eigenvalue weighted by molar-refractivity contribution is 5.90. The van der Waals surface area contributed by atoms with E-state index in [-0.39, 0.29) is 12.1 Å². The summed E-state index contributed by atoms with van der Waals surface area (Å²) in [5.41, 5.74) is 0.443. The van der Waals surface area contributed by atoms with Gasteiger partial charge in [-0.3, -0.25) is 0 Å². The van der Waals surface area contributed by atoms with E-state index in [4.69, 9.17) is 14.2 Å². The highest BCUT2D eigenvalue weighted by atomic mass is 16.5. The van der Waals surface area contributed by atoms with Gasteiger partial charge in [0.2, 0.25) is 0 Å². The van der Waals surface area contributed by atoms with Crippen molar-refractivity contribution >= 4 is 5.97 Å². The first-order valence-electron chi connectivity index (χ1n) is 6.18. The van der Waals surface area contributed by atoms with Gasteiger partial charge in [-0.2, -0.15) is 0 Å². The molecule has 100 valence electrons.